The largest absolute Gasteiger partial charge is 0.487 e. The zero-order valence-electron chi connectivity index (χ0n) is 16.9. The monoisotopic (exact) mass is 412 g/mol. The maximum absolute atomic E-state index is 13.0. The van der Waals surface area contributed by atoms with Gasteiger partial charge in [0.2, 0.25) is 0 Å². The Labute approximate surface area is 179 Å². The van der Waals surface area contributed by atoms with Gasteiger partial charge in [0.1, 0.15) is 35.2 Å². The van der Waals surface area contributed by atoms with Gasteiger partial charge in [0.05, 0.1) is 6.54 Å². The van der Waals surface area contributed by atoms with E-state index < -0.39 is 0 Å². The number of carbonyl (C=O) groups is 1. The first kappa shape index (κ1) is 19.0. The first-order chi connectivity index (χ1) is 15.2. The molecule has 0 aliphatic carbocycles. The Bertz CT molecular complexity index is 1220. The lowest BCUT2D eigenvalue weighted by molar-refractivity contribution is 0.0932. The first-order valence-corrected chi connectivity index (χ1v) is 10.0. The van der Waals surface area contributed by atoms with Crippen molar-refractivity contribution in [2.45, 2.75) is 19.4 Å². The summed E-state index contributed by atoms with van der Waals surface area (Å²) in [4.78, 5) is 21.1. The average Bonchev–Trinajstić information content (AvgIpc) is 3.41. The Balaban J connectivity index is 1.31. The van der Waals surface area contributed by atoms with Crippen molar-refractivity contribution in [2.75, 3.05) is 6.54 Å². The van der Waals surface area contributed by atoms with Crippen molar-refractivity contribution in [3.63, 3.8) is 0 Å². The van der Waals surface area contributed by atoms with Crippen LogP contribution in [0.5, 0.6) is 5.75 Å². The number of ether oxygens (including phenoxy) is 1. The van der Waals surface area contributed by atoms with Crippen LogP contribution in [0, 0.1) is 6.92 Å². The van der Waals surface area contributed by atoms with Gasteiger partial charge in [-0.25, -0.2) is 9.97 Å². The minimum Gasteiger partial charge on any atom is -0.487 e. The van der Waals surface area contributed by atoms with Crippen LogP contribution in [0.4, 0.5) is 0 Å². The molecule has 0 fully saturated rings. The summed E-state index contributed by atoms with van der Waals surface area (Å²) in [5.41, 5.74) is 4.78. The number of hydrogen-bond donors (Lipinski definition) is 1. The van der Waals surface area contributed by atoms with Crippen LogP contribution in [-0.4, -0.2) is 33.7 Å². The first-order valence-electron chi connectivity index (χ1n) is 10.0. The van der Waals surface area contributed by atoms with Gasteiger partial charge in [-0.2, -0.15) is 0 Å². The number of amides is 1. The van der Waals surface area contributed by atoms with E-state index in [9.17, 15) is 4.79 Å². The van der Waals surface area contributed by atoms with Gasteiger partial charge >= 0.3 is 0 Å². The Morgan fingerprint density at radius 1 is 1.06 bits per heavy atom. The standard InChI is InChI=1S/C24H20N4O3/c1-15-21(22(28-31-15)16-6-3-2-4-7-16)24(29)27-13-19-10-17-8-5-9-20(23(17)30-19)18-11-25-14-26-12-18/h2-9,11-12,14,19H,10,13H2,1H3,(H,27,29). The third-order valence-electron chi connectivity index (χ3n) is 5.33. The molecule has 2 aromatic carbocycles. The molecule has 31 heavy (non-hydrogen) atoms. The molecule has 7 nitrogen and oxygen atoms in total. The fourth-order valence-electron chi connectivity index (χ4n) is 3.85. The second-order valence-electron chi connectivity index (χ2n) is 7.40. The SMILES string of the molecule is Cc1onc(-c2ccccc2)c1C(=O)NCC1Cc2cccc(-c3cncnc3)c2O1. The van der Waals surface area contributed by atoms with Gasteiger partial charge in [0.25, 0.3) is 5.91 Å². The van der Waals surface area contributed by atoms with E-state index in [1.807, 2.05) is 48.5 Å². The van der Waals surface area contributed by atoms with Crippen LogP contribution >= 0.6 is 0 Å². The summed E-state index contributed by atoms with van der Waals surface area (Å²) < 4.78 is 11.5. The van der Waals surface area contributed by atoms with Crippen LogP contribution in [0.25, 0.3) is 22.4 Å². The predicted molar refractivity (Wildman–Crippen MR) is 115 cm³/mol. The quantitative estimate of drug-likeness (QED) is 0.536. The molecular formula is C24H20N4O3. The molecule has 154 valence electrons. The number of carbonyl (C=O) groups excluding carboxylic acids is 1. The normalized spacial score (nSPS) is 14.7. The van der Waals surface area contributed by atoms with Crippen LogP contribution in [0.1, 0.15) is 21.7 Å². The van der Waals surface area contributed by atoms with E-state index in [4.69, 9.17) is 9.26 Å². The van der Waals surface area contributed by atoms with Crippen LogP contribution in [0.2, 0.25) is 0 Å². The molecule has 2 aromatic heterocycles. The number of fused-ring (bicyclic) bond motifs is 1. The number of rotatable bonds is 5. The fraction of sp³-hybridized carbons (Fsp3) is 0.167. The van der Waals surface area contributed by atoms with Gasteiger partial charge in [-0.3, -0.25) is 4.79 Å². The second kappa shape index (κ2) is 8.02. The lowest BCUT2D eigenvalue weighted by Crippen LogP contribution is -2.34. The molecule has 1 N–H and O–H groups in total. The third kappa shape index (κ3) is 3.66. The average molecular weight is 412 g/mol. The minimum absolute atomic E-state index is 0.162. The van der Waals surface area contributed by atoms with Crippen molar-refractivity contribution in [3.8, 4) is 28.1 Å². The number of nitrogens with one attached hydrogen (secondary N) is 1. The van der Waals surface area contributed by atoms with Crippen LogP contribution < -0.4 is 10.1 Å². The molecule has 1 unspecified atom stereocenters. The van der Waals surface area contributed by atoms with Crippen molar-refractivity contribution in [1.29, 1.82) is 0 Å². The third-order valence-corrected chi connectivity index (χ3v) is 5.33. The zero-order chi connectivity index (χ0) is 21.2. The van der Waals surface area contributed by atoms with Gasteiger partial charge in [-0.15, -0.1) is 0 Å². The zero-order valence-corrected chi connectivity index (χ0v) is 16.9. The van der Waals surface area contributed by atoms with Crippen molar-refractivity contribution >= 4 is 5.91 Å². The van der Waals surface area contributed by atoms with Crippen LogP contribution in [0.3, 0.4) is 0 Å². The molecule has 7 heteroatoms. The number of benzene rings is 2. The van der Waals surface area contributed by atoms with E-state index in [1.165, 1.54) is 6.33 Å². The Kier molecular flexibility index (Phi) is 4.92. The highest BCUT2D eigenvalue weighted by molar-refractivity contribution is 6.00. The van der Waals surface area contributed by atoms with Gasteiger partial charge in [-0.1, -0.05) is 53.7 Å². The van der Waals surface area contributed by atoms with Crippen molar-refractivity contribution in [1.82, 2.24) is 20.4 Å². The molecule has 5 rings (SSSR count). The van der Waals surface area contributed by atoms with Crippen molar-refractivity contribution in [3.05, 3.63) is 84.1 Å². The minimum atomic E-state index is -0.228. The smallest absolute Gasteiger partial charge is 0.257 e. The summed E-state index contributed by atoms with van der Waals surface area (Å²) in [5.74, 6) is 1.08. The molecule has 1 amide bonds. The topological polar surface area (TPSA) is 90.1 Å². The Morgan fingerprint density at radius 2 is 1.87 bits per heavy atom. The summed E-state index contributed by atoms with van der Waals surface area (Å²) in [6, 6.07) is 15.6. The lowest BCUT2D eigenvalue weighted by Gasteiger charge is -2.13. The molecule has 1 aliphatic heterocycles. The molecule has 0 saturated heterocycles. The summed E-state index contributed by atoms with van der Waals surface area (Å²) >= 11 is 0. The maximum Gasteiger partial charge on any atom is 0.257 e. The molecule has 0 spiro atoms. The van der Waals surface area contributed by atoms with E-state index in [1.54, 1.807) is 19.3 Å². The second-order valence-corrected chi connectivity index (χ2v) is 7.40. The van der Waals surface area contributed by atoms with E-state index in [0.717, 1.165) is 28.0 Å². The van der Waals surface area contributed by atoms with Gasteiger partial charge in [-0.05, 0) is 12.5 Å². The summed E-state index contributed by atoms with van der Waals surface area (Å²) in [6.07, 6.45) is 5.58. The maximum atomic E-state index is 13.0. The highest BCUT2D eigenvalue weighted by Crippen LogP contribution is 2.38. The highest BCUT2D eigenvalue weighted by Gasteiger charge is 2.28. The Morgan fingerprint density at radius 3 is 2.68 bits per heavy atom. The summed E-state index contributed by atoms with van der Waals surface area (Å²) in [6.45, 7) is 2.11. The summed E-state index contributed by atoms with van der Waals surface area (Å²) in [5, 5.41) is 7.07. The molecular weight excluding hydrogens is 392 g/mol. The highest BCUT2D eigenvalue weighted by atomic mass is 16.5. The molecule has 0 saturated carbocycles. The summed E-state index contributed by atoms with van der Waals surface area (Å²) in [7, 11) is 0. The number of aryl methyl sites for hydroxylation is 1. The van der Waals surface area contributed by atoms with E-state index in [-0.39, 0.29) is 12.0 Å². The predicted octanol–water partition coefficient (Wildman–Crippen LogP) is 3.84. The molecule has 0 bridgehead atoms. The molecule has 1 aliphatic rings. The molecule has 0 radical (unpaired) electrons. The van der Waals surface area contributed by atoms with Crippen molar-refractivity contribution in [2.24, 2.45) is 0 Å². The van der Waals surface area contributed by atoms with Crippen molar-refractivity contribution < 1.29 is 14.1 Å². The van der Waals surface area contributed by atoms with E-state index >= 15 is 0 Å². The van der Waals surface area contributed by atoms with E-state index in [2.05, 4.69) is 20.4 Å². The molecule has 1 atom stereocenters. The number of nitrogens with zero attached hydrogens (tertiary/aromatic N) is 3. The fourth-order valence-corrected chi connectivity index (χ4v) is 3.85. The lowest BCUT2D eigenvalue weighted by atomic mass is 10.0. The Hall–Kier alpha value is -4.00. The van der Waals surface area contributed by atoms with Gasteiger partial charge in [0.15, 0.2) is 0 Å². The molecule has 3 heterocycles. The number of hydrogen-bond acceptors (Lipinski definition) is 6. The van der Waals surface area contributed by atoms with Crippen LogP contribution in [0.15, 0.2) is 71.8 Å². The van der Waals surface area contributed by atoms with Gasteiger partial charge in [0, 0.05) is 35.5 Å². The number of aromatic nitrogens is 3. The van der Waals surface area contributed by atoms with Gasteiger partial charge < -0.3 is 14.6 Å². The number of para-hydroxylation sites is 1. The van der Waals surface area contributed by atoms with Crippen LogP contribution in [-0.2, 0) is 6.42 Å². The van der Waals surface area contributed by atoms with E-state index in [0.29, 0.717) is 30.0 Å². The molecule has 4 aromatic rings.